The Balaban J connectivity index is 1.57. The zero-order valence-corrected chi connectivity index (χ0v) is 19.5. The SMILES string of the molecule is O=CN(O)C[C@@H](CC1CCCC1)C(=O)N1CCC[C@H]1C(=O)NC(=O)OC1CCS(=O)(=O)CC1. The summed E-state index contributed by atoms with van der Waals surface area (Å²) >= 11 is 0. The van der Waals surface area contributed by atoms with Gasteiger partial charge in [-0.25, -0.2) is 18.3 Å². The van der Waals surface area contributed by atoms with Crippen molar-refractivity contribution in [3.8, 4) is 0 Å². The molecule has 0 aromatic heterocycles. The number of rotatable bonds is 8. The maximum atomic E-state index is 13.3. The number of likely N-dealkylation sites (tertiary alicyclic amines) is 1. The van der Waals surface area contributed by atoms with Crippen LogP contribution >= 0.6 is 0 Å². The lowest BCUT2D eigenvalue weighted by atomic mass is 9.91. The molecule has 2 atom stereocenters. The van der Waals surface area contributed by atoms with Crippen molar-refractivity contribution in [2.75, 3.05) is 24.6 Å². The minimum Gasteiger partial charge on any atom is -0.446 e. The number of ether oxygens (including phenoxy) is 1. The minimum atomic E-state index is -3.10. The lowest BCUT2D eigenvalue weighted by molar-refractivity contribution is -0.158. The summed E-state index contributed by atoms with van der Waals surface area (Å²) in [4.78, 5) is 50.5. The number of hydroxylamine groups is 2. The number of carbonyl (C=O) groups is 4. The Bertz CT molecular complexity index is 828. The number of amides is 4. The van der Waals surface area contributed by atoms with E-state index in [2.05, 4.69) is 5.32 Å². The predicted octanol–water partition coefficient (Wildman–Crippen LogP) is 0.852. The average Bonchev–Trinajstić information content (AvgIpc) is 3.46. The smallest absolute Gasteiger partial charge is 0.414 e. The number of hydrogen-bond acceptors (Lipinski definition) is 8. The Labute approximate surface area is 193 Å². The molecule has 4 amide bonds. The fourth-order valence-electron chi connectivity index (χ4n) is 5.06. The number of nitrogens with one attached hydrogen (secondary N) is 1. The van der Waals surface area contributed by atoms with Gasteiger partial charge in [-0.2, -0.15) is 0 Å². The topological polar surface area (TPSA) is 150 Å². The fraction of sp³-hybridized carbons (Fsp3) is 0.810. The molecule has 2 saturated heterocycles. The second-order valence-corrected chi connectivity index (χ2v) is 11.5. The molecule has 3 rings (SSSR count). The summed E-state index contributed by atoms with van der Waals surface area (Å²) in [6.07, 6.45) is 4.79. The minimum absolute atomic E-state index is 0.0607. The van der Waals surface area contributed by atoms with Crippen LogP contribution in [-0.4, -0.2) is 84.6 Å². The molecule has 1 aliphatic carbocycles. The van der Waals surface area contributed by atoms with Gasteiger partial charge < -0.3 is 9.64 Å². The maximum absolute atomic E-state index is 13.3. The predicted molar refractivity (Wildman–Crippen MR) is 116 cm³/mol. The Hall–Kier alpha value is -2.21. The standard InChI is InChI=1S/C21H33N3O8S/c25-14-23(29)13-16(12-15-4-1-2-5-15)20(27)24-9-3-6-18(24)19(26)22-21(28)32-17-7-10-33(30,31)11-8-17/h14-18,29H,1-13H2,(H,22,26,28)/t16-,18+/m1/s1. The van der Waals surface area contributed by atoms with Gasteiger partial charge in [-0.15, -0.1) is 0 Å². The van der Waals surface area contributed by atoms with Crippen molar-refractivity contribution < 1.29 is 37.5 Å². The van der Waals surface area contributed by atoms with Crippen LogP contribution in [0, 0.1) is 11.8 Å². The van der Waals surface area contributed by atoms with E-state index < -0.39 is 39.9 Å². The van der Waals surface area contributed by atoms with Gasteiger partial charge >= 0.3 is 6.09 Å². The van der Waals surface area contributed by atoms with E-state index in [0.29, 0.717) is 36.8 Å². The third-order valence-corrected chi connectivity index (χ3v) is 8.53. The number of alkyl carbamates (subject to hydrolysis) is 1. The van der Waals surface area contributed by atoms with Gasteiger partial charge in [0.15, 0.2) is 9.84 Å². The van der Waals surface area contributed by atoms with Crippen LogP contribution in [0.5, 0.6) is 0 Å². The van der Waals surface area contributed by atoms with E-state index in [1.165, 1.54) is 4.90 Å². The average molecular weight is 488 g/mol. The van der Waals surface area contributed by atoms with Gasteiger partial charge in [0.25, 0.3) is 5.91 Å². The second kappa shape index (κ2) is 11.3. The van der Waals surface area contributed by atoms with Crippen molar-refractivity contribution in [3.05, 3.63) is 0 Å². The first-order valence-electron chi connectivity index (χ1n) is 11.6. The van der Waals surface area contributed by atoms with Gasteiger partial charge in [0.1, 0.15) is 12.1 Å². The molecule has 0 aromatic carbocycles. The Morgan fingerprint density at radius 1 is 1.09 bits per heavy atom. The van der Waals surface area contributed by atoms with Crippen molar-refractivity contribution in [1.29, 1.82) is 0 Å². The van der Waals surface area contributed by atoms with E-state index in [4.69, 9.17) is 4.74 Å². The van der Waals surface area contributed by atoms with E-state index in [1.54, 1.807) is 0 Å². The highest BCUT2D eigenvalue weighted by Gasteiger charge is 2.39. The van der Waals surface area contributed by atoms with Crippen LogP contribution in [0.2, 0.25) is 0 Å². The van der Waals surface area contributed by atoms with Crippen LogP contribution in [0.3, 0.4) is 0 Å². The first kappa shape index (κ1) is 25.4. The molecule has 33 heavy (non-hydrogen) atoms. The first-order valence-corrected chi connectivity index (χ1v) is 13.4. The van der Waals surface area contributed by atoms with Crippen molar-refractivity contribution in [2.45, 2.75) is 69.9 Å². The molecule has 0 spiro atoms. The summed E-state index contributed by atoms with van der Waals surface area (Å²) in [5.41, 5.74) is 0. The molecule has 11 nitrogen and oxygen atoms in total. The summed E-state index contributed by atoms with van der Waals surface area (Å²) < 4.78 is 28.2. The quantitative estimate of drug-likeness (QED) is 0.291. The number of imide groups is 1. The third-order valence-electron chi connectivity index (χ3n) is 6.81. The highest BCUT2D eigenvalue weighted by molar-refractivity contribution is 7.91. The van der Waals surface area contributed by atoms with E-state index in [-0.39, 0.29) is 43.2 Å². The lowest BCUT2D eigenvalue weighted by Gasteiger charge is -2.30. The number of carbonyl (C=O) groups excluding carboxylic acids is 4. The summed E-state index contributed by atoms with van der Waals surface area (Å²) in [6, 6.07) is -0.841. The molecule has 2 heterocycles. The molecular formula is C21H33N3O8S. The van der Waals surface area contributed by atoms with Crippen molar-refractivity contribution >= 4 is 34.2 Å². The highest BCUT2D eigenvalue weighted by Crippen LogP contribution is 2.32. The van der Waals surface area contributed by atoms with Crippen LogP contribution in [-0.2, 0) is 29.0 Å². The molecule has 0 aromatic rings. The summed E-state index contributed by atoms with van der Waals surface area (Å²) in [6.45, 7) is 0.205. The van der Waals surface area contributed by atoms with E-state index >= 15 is 0 Å². The molecule has 3 aliphatic rings. The number of hydrogen-bond donors (Lipinski definition) is 2. The van der Waals surface area contributed by atoms with Gasteiger partial charge in [-0.05, 0) is 38.0 Å². The molecule has 0 bridgehead atoms. The monoisotopic (exact) mass is 487 g/mol. The maximum Gasteiger partial charge on any atom is 0.414 e. The molecule has 3 fully saturated rings. The van der Waals surface area contributed by atoms with Crippen LogP contribution in [0.1, 0.15) is 57.8 Å². The molecular weight excluding hydrogens is 454 g/mol. The van der Waals surface area contributed by atoms with Gasteiger partial charge in [0.2, 0.25) is 12.3 Å². The first-order chi connectivity index (χ1) is 15.7. The Morgan fingerprint density at radius 2 is 1.76 bits per heavy atom. The second-order valence-electron chi connectivity index (χ2n) is 9.25. The van der Waals surface area contributed by atoms with Gasteiger partial charge in [0, 0.05) is 6.54 Å². The molecule has 12 heteroatoms. The molecule has 2 N–H and O–H groups in total. The lowest BCUT2D eigenvalue weighted by Crippen LogP contribution is -2.51. The normalized spacial score (nSPS) is 24.3. The van der Waals surface area contributed by atoms with Gasteiger partial charge in [-0.3, -0.25) is 24.9 Å². The molecule has 2 aliphatic heterocycles. The Morgan fingerprint density at radius 3 is 2.39 bits per heavy atom. The van der Waals surface area contributed by atoms with E-state index in [1.807, 2.05) is 0 Å². The third kappa shape index (κ3) is 7.13. The van der Waals surface area contributed by atoms with E-state index in [0.717, 1.165) is 25.7 Å². The summed E-state index contributed by atoms with van der Waals surface area (Å²) in [5, 5.41) is 12.3. The Kier molecular flexibility index (Phi) is 8.69. The molecule has 0 unspecified atom stereocenters. The van der Waals surface area contributed by atoms with Crippen molar-refractivity contribution in [1.82, 2.24) is 15.3 Å². The van der Waals surface area contributed by atoms with Crippen molar-refractivity contribution in [3.63, 3.8) is 0 Å². The molecule has 186 valence electrons. The fourth-order valence-corrected chi connectivity index (χ4v) is 6.51. The van der Waals surface area contributed by atoms with Crippen LogP contribution in [0.25, 0.3) is 0 Å². The summed E-state index contributed by atoms with van der Waals surface area (Å²) in [5.74, 6) is -1.38. The van der Waals surface area contributed by atoms with Crippen LogP contribution in [0.4, 0.5) is 4.79 Å². The molecule has 1 saturated carbocycles. The van der Waals surface area contributed by atoms with Crippen LogP contribution in [0.15, 0.2) is 0 Å². The zero-order valence-electron chi connectivity index (χ0n) is 18.7. The van der Waals surface area contributed by atoms with Gasteiger partial charge in [0.05, 0.1) is 24.0 Å². The van der Waals surface area contributed by atoms with Gasteiger partial charge in [-0.1, -0.05) is 25.7 Å². The van der Waals surface area contributed by atoms with E-state index in [9.17, 15) is 32.8 Å². The number of sulfone groups is 1. The van der Waals surface area contributed by atoms with Crippen LogP contribution < -0.4 is 5.32 Å². The number of nitrogens with zero attached hydrogens (tertiary/aromatic N) is 2. The summed E-state index contributed by atoms with van der Waals surface area (Å²) in [7, 11) is -3.10. The molecule has 0 radical (unpaired) electrons. The largest absolute Gasteiger partial charge is 0.446 e. The highest BCUT2D eigenvalue weighted by atomic mass is 32.2. The van der Waals surface area contributed by atoms with Crippen molar-refractivity contribution in [2.24, 2.45) is 11.8 Å². The zero-order chi connectivity index (χ0) is 24.0.